The van der Waals surface area contributed by atoms with Crippen LogP contribution in [-0.2, 0) is 4.74 Å². The molecule has 2 aromatic rings. The van der Waals surface area contributed by atoms with Gasteiger partial charge in [0, 0.05) is 36.8 Å². The highest BCUT2D eigenvalue weighted by Crippen LogP contribution is 2.26. The number of carbonyl (C=O) groups is 1. The summed E-state index contributed by atoms with van der Waals surface area (Å²) in [5, 5.41) is 21.6. The van der Waals surface area contributed by atoms with E-state index in [0.29, 0.717) is 56.6 Å². The van der Waals surface area contributed by atoms with Crippen molar-refractivity contribution in [1.29, 1.82) is 0 Å². The maximum absolute atomic E-state index is 13.1. The average Bonchev–Trinajstić information content (AvgIpc) is 3.18. The first-order valence-corrected chi connectivity index (χ1v) is 10.2. The van der Waals surface area contributed by atoms with E-state index in [1.165, 1.54) is 0 Å². The Hall–Kier alpha value is -1.90. The lowest BCUT2D eigenvalue weighted by atomic mass is 10.0. The Balaban J connectivity index is 1.52. The Bertz CT molecular complexity index is 834. The number of furan rings is 1. The highest BCUT2D eigenvalue weighted by molar-refractivity contribution is 6.30. The molecule has 156 valence electrons. The highest BCUT2D eigenvalue weighted by atomic mass is 35.5. The minimum Gasteiger partial charge on any atom is -0.451 e. The monoisotopic (exact) mass is 420 g/mol. The van der Waals surface area contributed by atoms with Gasteiger partial charge in [-0.3, -0.25) is 9.69 Å². The third-order valence-electron chi connectivity index (χ3n) is 5.64. The molecule has 3 atom stereocenters. The molecule has 0 saturated carbocycles. The molecule has 4 rings (SSSR count). The van der Waals surface area contributed by atoms with Gasteiger partial charge < -0.3 is 24.3 Å². The Morgan fingerprint density at radius 1 is 1.03 bits per heavy atom. The number of aliphatic hydroxyl groups excluding tert-OH is 2. The second kappa shape index (κ2) is 8.85. The summed E-state index contributed by atoms with van der Waals surface area (Å²) >= 11 is 5.93. The van der Waals surface area contributed by atoms with Crippen molar-refractivity contribution in [3.05, 3.63) is 47.2 Å². The SMILES string of the molecule is O=C(c1ccc(-c2ccc(Cl)cc2)o1)N1CC[C@@H](O)[C@@H](O)[C@H](N2CCOCC2)C1. The van der Waals surface area contributed by atoms with Crippen molar-refractivity contribution >= 4 is 17.5 Å². The van der Waals surface area contributed by atoms with E-state index in [2.05, 4.69) is 4.90 Å². The van der Waals surface area contributed by atoms with Crippen LogP contribution in [-0.4, -0.2) is 83.6 Å². The van der Waals surface area contributed by atoms with Crippen molar-refractivity contribution in [1.82, 2.24) is 9.80 Å². The molecule has 0 bridgehead atoms. The first kappa shape index (κ1) is 20.4. The lowest BCUT2D eigenvalue weighted by Crippen LogP contribution is -2.55. The molecule has 1 aromatic heterocycles. The normalized spacial score (nSPS) is 26.3. The number of hydrogen-bond donors (Lipinski definition) is 2. The summed E-state index contributed by atoms with van der Waals surface area (Å²) in [7, 11) is 0. The summed E-state index contributed by atoms with van der Waals surface area (Å²) in [5.41, 5.74) is 0.835. The number of aliphatic hydroxyl groups is 2. The van der Waals surface area contributed by atoms with E-state index in [4.69, 9.17) is 20.8 Å². The molecular formula is C21H25ClN2O5. The van der Waals surface area contributed by atoms with E-state index in [1.54, 1.807) is 29.2 Å². The molecule has 2 saturated heterocycles. The van der Waals surface area contributed by atoms with Crippen LogP contribution in [0.25, 0.3) is 11.3 Å². The number of nitrogens with zero attached hydrogens (tertiary/aromatic N) is 2. The average molecular weight is 421 g/mol. The van der Waals surface area contributed by atoms with Gasteiger partial charge in [-0.25, -0.2) is 0 Å². The molecule has 8 heteroatoms. The van der Waals surface area contributed by atoms with Crippen LogP contribution in [0, 0.1) is 0 Å². The number of halogens is 1. The number of hydrogen-bond acceptors (Lipinski definition) is 6. The smallest absolute Gasteiger partial charge is 0.289 e. The lowest BCUT2D eigenvalue weighted by molar-refractivity contribution is -0.0609. The van der Waals surface area contributed by atoms with Crippen molar-refractivity contribution in [2.75, 3.05) is 39.4 Å². The zero-order valence-electron chi connectivity index (χ0n) is 16.0. The van der Waals surface area contributed by atoms with Crippen LogP contribution in [0.15, 0.2) is 40.8 Å². The Morgan fingerprint density at radius 3 is 2.48 bits per heavy atom. The molecule has 7 nitrogen and oxygen atoms in total. The molecule has 1 amide bonds. The maximum atomic E-state index is 13.1. The molecular weight excluding hydrogens is 396 g/mol. The highest BCUT2D eigenvalue weighted by Gasteiger charge is 2.38. The van der Waals surface area contributed by atoms with E-state index in [9.17, 15) is 15.0 Å². The van der Waals surface area contributed by atoms with Crippen molar-refractivity contribution in [2.45, 2.75) is 24.7 Å². The second-order valence-electron chi connectivity index (χ2n) is 7.48. The van der Waals surface area contributed by atoms with Gasteiger partial charge in [0.2, 0.25) is 0 Å². The van der Waals surface area contributed by atoms with Gasteiger partial charge in [0.05, 0.1) is 31.5 Å². The minimum absolute atomic E-state index is 0.238. The molecule has 0 unspecified atom stereocenters. The molecule has 2 aliphatic rings. The van der Waals surface area contributed by atoms with Crippen LogP contribution >= 0.6 is 11.6 Å². The van der Waals surface area contributed by atoms with E-state index in [0.717, 1.165) is 5.56 Å². The van der Waals surface area contributed by atoms with Gasteiger partial charge in [-0.2, -0.15) is 0 Å². The number of ether oxygens (including phenoxy) is 1. The van der Waals surface area contributed by atoms with Gasteiger partial charge >= 0.3 is 0 Å². The number of benzene rings is 1. The van der Waals surface area contributed by atoms with Crippen LogP contribution in [0.5, 0.6) is 0 Å². The Morgan fingerprint density at radius 2 is 1.76 bits per heavy atom. The molecule has 1 aromatic carbocycles. The standard InChI is InChI=1S/C21H25ClN2O5/c22-15-3-1-14(2-4-15)18-5-6-19(29-18)21(27)24-8-7-17(25)20(26)16(13-24)23-9-11-28-12-10-23/h1-6,16-17,20,25-26H,7-13H2/t16-,17-,20+/m1/s1. The number of carbonyl (C=O) groups excluding carboxylic acids is 1. The zero-order chi connectivity index (χ0) is 20.4. The molecule has 3 heterocycles. The fourth-order valence-electron chi connectivity index (χ4n) is 3.94. The Labute approximate surface area is 174 Å². The van der Waals surface area contributed by atoms with E-state index < -0.39 is 12.2 Å². The largest absolute Gasteiger partial charge is 0.451 e. The van der Waals surface area contributed by atoms with Gasteiger partial charge in [0.15, 0.2) is 5.76 Å². The molecule has 2 fully saturated rings. The summed E-state index contributed by atoms with van der Waals surface area (Å²) in [5.74, 6) is 0.580. The number of amides is 1. The first-order chi connectivity index (χ1) is 14.0. The third kappa shape index (κ3) is 4.49. The number of likely N-dealkylation sites (tertiary alicyclic amines) is 1. The predicted molar refractivity (Wildman–Crippen MR) is 108 cm³/mol. The lowest BCUT2D eigenvalue weighted by Gasteiger charge is -2.38. The van der Waals surface area contributed by atoms with Crippen molar-refractivity contribution in [3.63, 3.8) is 0 Å². The summed E-state index contributed by atoms with van der Waals surface area (Å²) in [6, 6.07) is 10.3. The second-order valence-corrected chi connectivity index (χ2v) is 7.92. The van der Waals surface area contributed by atoms with Crippen LogP contribution in [0.1, 0.15) is 17.0 Å². The summed E-state index contributed by atoms with van der Waals surface area (Å²) in [6.07, 6.45) is -1.47. The van der Waals surface area contributed by atoms with Crippen molar-refractivity contribution in [2.24, 2.45) is 0 Å². The van der Waals surface area contributed by atoms with Crippen LogP contribution in [0.2, 0.25) is 5.02 Å². The molecule has 29 heavy (non-hydrogen) atoms. The van der Waals surface area contributed by atoms with Gasteiger partial charge in [-0.15, -0.1) is 0 Å². The maximum Gasteiger partial charge on any atom is 0.289 e. The summed E-state index contributed by atoms with van der Waals surface area (Å²) < 4.78 is 11.2. The topological polar surface area (TPSA) is 86.4 Å². The van der Waals surface area contributed by atoms with Gasteiger partial charge in [-0.05, 0) is 42.8 Å². The number of rotatable bonds is 3. The molecule has 0 radical (unpaired) electrons. The molecule has 0 aliphatic carbocycles. The van der Waals surface area contributed by atoms with Crippen LogP contribution in [0.3, 0.4) is 0 Å². The van der Waals surface area contributed by atoms with Crippen molar-refractivity contribution in [3.8, 4) is 11.3 Å². The van der Waals surface area contributed by atoms with E-state index in [1.807, 2.05) is 12.1 Å². The minimum atomic E-state index is -0.910. The summed E-state index contributed by atoms with van der Waals surface area (Å²) in [6.45, 7) is 3.17. The Kier molecular flexibility index (Phi) is 6.22. The fraction of sp³-hybridized carbons (Fsp3) is 0.476. The van der Waals surface area contributed by atoms with Gasteiger partial charge in [0.1, 0.15) is 5.76 Å². The van der Waals surface area contributed by atoms with Crippen molar-refractivity contribution < 1.29 is 24.2 Å². The molecule has 2 aliphatic heterocycles. The first-order valence-electron chi connectivity index (χ1n) is 9.86. The molecule has 2 N–H and O–H groups in total. The van der Waals surface area contributed by atoms with E-state index in [-0.39, 0.29) is 17.7 Å². The fourth-order valence-corrected chi connectivity index (χ4v) is 4.07. The molecule has 0 spiro atoms. The third-order valence-corrected chi connectivity index (χ3v) is 5.89. The van der Waals surface area contributed by atoms with E-state index >= 15 is 0 Å². The van der Waals surface area contributed by atoms with Gasteiger partial charge in [0.25, 0.3) is 5.91 Å². The van der Waals surface area contributed by atoms with Crippen LogP contribution in [0.4, 0.5) is 0 Å². The zero-order valence-corrected chi connectivity index (χ0v) is 16.8. The quantitative estimate of drug-likeness (QED) is 0.788. The van der Waals surface area contributed by atoms with Gasteiger partial charge in [-0.1, -0.05) is 11.6 Å². The summed E-state index contributed by atoms with van der Waals surface area (Å²) in [4.78, 5) is 16.8. The number of morpholine rings is 1. The predicted octanol–water partition coefficient (Wildman–Crippen LogP) is 1.87. The van der Waals surface area contributed by atoms with Crippen LogP contribution < -0.4 is 0 Å².